The van der Waals surface area contributed by atoms with Crippen molar-refractivity contribution >= 4 is 0 Å². The third kappa shape index (κ3) is 2.76. The van der Waals surface area contributed by atoms with Gasteiger partial charge in [0.25, 0.3) is 0 Å². The van der Waals surface area contributed by atoms with Crippen LogP contribution < -0.4 is 5.32 Å². The zero-order valence-electron chi connectivity index (χ0n) is 11.0. The van der Waals surface area contributed by atoms with Crippen molar-refractivity contribution in [1.29, 1.82) is 0 Å². The lowest BCUT2D eigenvalue weighted by Gasteiger charge is -2.30. The van der Waals surface area contributed by atoms with E-state index in [0.717, 1.165) is 25.6 Å². The van der Waals surface area contributed by atoms with Crippen LogP contribution in [0, 0.1) is 0 Å². The number of ether oxygens (including phenoxy) is 1. The smallest absolute Gasteiger partial charge is 0.0587 e. The van der Waals surface area contributed by atoms with E-state index in [2.05, 4.69) is 29.6 Å². The minimum atomic E-state index is 0.514. The van der Waals surface area contributed by atoms with Crippen LogP contribution in [0.3, 0.4) is 0 Å². The van der Waals surface area contributed by atoms with Crippen molar-refractivity contribution in [1.82, 2.24) is 5.32 Å². The van der Waals surface area contributed by atoms with E-state index in [9.17, 15) is 0 Å². The molecular weight excluding hydrogens is 222 g/mol. The second-order valence-electron chi connectivity index (χ2n) is 5.58. The summed E-state index contributed by atoms with van der Waals surface area (Å²) in [5.74, 6) is 0.744. The van der Waals surface area contributed by atoms with Gasteiger partial charge in [-0.1, -0.05) is 24.3 Å². The highest BCUT2D eigenvalue weighted by Crippen LogP contribution is 2.33. The molecule has 1 aromatic carbocycles. The van der Waals surface area contributed by atoms with Gasteiger partial charge < -0.3 is 10.1 Å². The van der Waals surface area contributed by atoms with Crippen LogP contribution >= 0.6 is 0 Å². The molecule has 2 atom stereocenters. The molecule has 2 nitrogen and oxygen atoms in total. The van der Waals surface area contributed by atoms with Gasteiger partial charge in [-0.3, -0.25) is 0 Å². The quantitative estimate of drug-likeness (QED) is 0.805. The van der Waals surface area contributed by atoms with E-state index in [1.807, 2.05) is 0 Å². The molecule has 0 radical (unpaired) electrons. The summed E-state index contributed by atoms with van der Waals surface area (Å²) in [6.45, 7) is 3.20. The molecule has 1 heterocycles. The lowest BCUT2D eigenvalue weighted by atomic mass is 9.77. The Bertz CT molecular complexity index is 384. The maximum absolute atomic E-state index is 5.74. The van der Waals surface area contributed by atoms with Gasteiger partial charge in [0.1, 0.15) is 0 Å². The Morgan fingerprint density at radius 3 is 3.00 bits per heavy atom. The molecule has 98 valence electrons. The second-order valence-corrected chi connectivity index (χ2v) is 5.58. The summed E-state index contributed by atoms with van der Waals surface area (Å²) >= 11 is 0. The molecule has 1 N–H and O–H groups in total. The van der Waals surface area contributed by atoms with Crippen molar-refractivity contribution < 1.29 is 4.74 Å². The van der Waals surface area contributed by atoms with Crippen LogP contribution in [0.4, 0.5) is 0 Å². The van der Waals surface area contributed by atoms with Crippen molar-refractivity contribution in [2.75, 3.05) is 19.7 Å². The molecule has 3 rings (SSSR count). The third-order valence-corrected chi connectivity index (χ3v) is 4.27. The monoisotopic (exact) mass is 245 g/mol. The molecule has 0 bridgehead atoms. The van der Waals surface area contributed by atoms with Gasteiger partial charge in [-0.15, -0.1) is 0 Å². The molecular formula is C16H23NO. The number of rotatable bonds is 5. The molecule has 1 aliphatic carbocycles. The van der Waals surface area contributed by atoms with Gasteiger partial charge in [0, 0.05) is 19.1 Å². The van der Waals surface area contributed by atoms with E-state index in [1.54, 1.807) is 11.1 Å². The molecule has 2 unspecified atom stereocenters. The van der Waals surface area contributed by atoms with Crippen LogP contribution in [0.1, 0.15) is 42.7 Å². The molecule has 1 aliphatic heterocycles. The topological polar surface area (TPSA) is 21.3 Å². The van der Waals surface area contributed by atoms with E-state index in [-0.39, 0.29) is 0 Å². The Labute approximate surface area is 110 Å². The first-order valence-electron chi connectivity index (χ1n) is 7.33. The summed E-state index contributed by atoms with van der Waals surface area (Å²) in [6.07, 6.45) is 6.80. The summed E-state index contributed by atoms with van der Waals surface area (Å²) in [5, 5.41) is 3.60. The van der Waals surface area contributed by atoms with Crippen molar-refractivity contribution in [3.63, 3.8) is 0 Å². The standard InChI is InChI=1S/C16H23NO/c1-2-7-16-13(5-1)11-14(16)12-17-9-8-15-6-3-4-10-18-15/h1-2,5,7,14-15,17H,3-4,6,8-12H2. The van der Waals surface area contributed by atoms with Gasteiger partial charge >= 0.3 is 0 Å². The lowest BCUT2D eigenvalue weighted by Crippen LogP contribution is -2.31. The van der Waals surface area contributed by atoms with E-state index in [4.69, 9.17) is 4.74 Å². The molecule has 1 saturated heterocycles. The zero-order chi connectivity index (χ0) is 12.2. The minimum absolute atomic E-state index is 0.514. The first kappa shape index (κ1) is 12.2. The van der Waals surface area contributed by atoms with Crippen LogP contribution in [0.15, 0.2) is 24.3 Å². The first-order chi connectivity index (χ1) is 8.93. The molecule has 0 spiro atoms. The van der Waals surface area contributed by atoms with E-state index < -0.39 is 0 Å². The van der Waals surface area contributed by atoms with Crippen LogP contribution in [0.5, 0.6) is 0 Å². The molecule has 1 fully saturated rings. The SMILES string of the molecule is c1ccc2c(c1)CC2CNCCC1CCCCO1. The molecule has 0 saturated carbocycles. The third-order valence-electron chi connectivity index (χ3n) is 4.27. The fourth-order valence-electron chi connectivity index (χ4n) is 3.12. The fourth-order valence-corrected chi connectivity index (χ4v) is 3.12. The van der Waals surface area contributed by atoms with Crippen molar-refractivity contribution in [2.45, 2.75) is 44.1 Å². The molecule has 2 aliphatic rings. The molecule has 0 amide bonds. The highest BCUT2D eigenvalue weighted by molar-refractivity contribution is 5.40. The Hall–Kier alpha value is -0.860. The predicted molar refractivity (Wildman–Crippen MR) is 74.0 cm³/mol. The number of hydrogen-bond acceptors (Lipinski definition) is 2. The maximum Gasteiger partial charge on any atom is 0.0587 e. The zero-order valence-corrected chi connectivity index (χ0v) is 11.0. The van der Waals surface area contributed by atoms with Crippen LogP contribution in [0.2, 0.25) is 0 Å². The van der Waals surface area contributed by atoms with E-state index in [1.165, 1.54) is 32.1 Å². The Kier molecular flexibility index (Phi) is 3.96. The molecule has 18 heavy (non-hydrogen) atoms. The second kappa shape index (κ2) is 5.85. The molecule has 2 heteroatoms. The Morgan fingerprint density at radius 2 is 2.17 bits per heavy atom. The van der Waals surface area contributed by atoms with Gasteiger partial charge in [0.15, 0.2) is 0 Å². The van der Waals surface area contributed by atoms with Gasteiger partial charge in [-0.05, 0) is 49.8 Å². The lowest BCUT2D eigenvalue weighted by molar-refractivity contribution is 0.0115. The van der Waals surface area contributed by atoms with E-state index >= 15 is 0 Å². The van der Waals surface area contributed by atoms with Crippen LogP contribution in [0.25, 0.3) is 0 Å². The molecule has 0 aromatic heterocycles. The summed E-state index contributed by atoms with van der Waals surface area (Å²) in [7, 11) is 0. The van der Waals surface area contributed by atoms with Gasteiger partial charge in [-0.25, -0.2) is 0 Å². The van der Waals surface area contributed by atoms with Crippen LogP contribution in [-0.4, -0.2) is 25.8 Å². The summed E-state index contributed by atoms with van der Waals surface area (Å²) in [4.78, 5) is 0. The van der Waals surface area contributed by atoms with Crippen molar-refractivity contribution in [3.8, 4) is 0 Å². The van der Waals surface area contributed by atoms with Gasteiger partial charge in [-0.2, -0.15) is 0 Å². The number of benzene rings is 1. The van der Waals surface area contributed by atoms with Crippen molar-refractivity contribution in [3.05, 3.63) is 35.4 Å². The largest absolute Gasteiger partial charge is 0.378 e. The van der Waals surface area contributed by atoms with Crippen molar-refractivity contribution in [2.24, 2.45) is 0 Å². The normalized spacial score (nSPS) is 26.4. The minimum Gasteiger partial charge on any atom is -0.378 e. The number of nitrogens with one attached hydrogen (secondary N) is 1. The number of hydrogen-bond donors (Lipinski definition) is 1. The average Bonchev–Trinajstić information content (AvgIpc) is 2.40. The van der Waals surface area contributed by atoms with Gasteiger partial charge in [0.05, 0.1) is 6.10 Å². The Morgan fingerprint density at radius 1 is 1.22 bits per heavy atom. The van der Waals surface area contributed by atoms with E-state index in [0.29, 0.717) is 6.10 Å². The maximum atomic E-state index is 5.74. The highest BCUT2D eigenvalue weighted by Gasteiger charge is 2.24. The van der Waals surface area contributed by atoms with Gasteiger partial charge in [0.2, 0.25) is 0 Å². The summed E-state index contributed by atoms with van der Waals surface area (Å²) in [6, 6.07) is 8.82. The first-order valence-corrected chi connectivity index (χ1v) is 7.33. The number of fused-ring (bicyclic) bond motifs is 1. The fraction of sp³-hybridized carbons (Fsp3) is 0.625. The predicted octanol–water partition coefficient (Wildman–Crippen LogP) is 2.88. The average molecular weight is 245 g/mol. The van der Waals surface area contributed by atoms with Crippen LogP contribution in [-0.2, 0) is 11.2 Å². The summed E-state index contributed by atoms with van der Waals surface area (Å²) < 4.78 is 5.74. The Balaban J connectivity index is 1.34. The molecule has 1 aromatic rings. The summed E-state index contributed by atoms with van der Waals surface area (Å²) in [5.41, 5.74) is 3.10. The highest BCUT2D eigenvalue weighted by atomic mass is 16.5.